The molecule has 0 bridgehead atoms. The van der Waals surface area contributed by atoms with Gasteiger partial charge >= 0.3 is 6.01 Å². The van der Waals surface area contributed by atoms with Gasteiger partial charge in [-0.15, -0.1) is 5.10 Å². The molecule has 1 fully saturated rings. The van der Waals surface area contributed by atoms with Crippen LogP contribution in [0.3, 0.4) is 0 Å². The van der Waals surface area contributed by atoms with Gasteiger partial charge in [0.2, 0.25) is 21.8 Å². The molecule has 0 saturated carbocycles. The van der Waals surface area contributed by atoms with Gasteiger partial charge in [-0.3, -0.25) is 10.1 Å². The maximum Gasteiger partial charge on any atom is 0.322 e. The van der Waals surface area contributed by atoms with Crippen LogP contribution < -0.4 is 14.8 Å². The maximum atomic E-state index is 13.1. The molecule has 0 spiro atoms. The van der Waals surface area contributed by atoms with Crippen LogP contribution >= 0.6 is 0 Å². The van der Waals surface area contributed by atoms with E-state index in [1.165, 1.54) is 30.7 Å². The summed E-state index contributed by atoms with van der Waals surface area (Å²) in [6, 6.07) is 9.71. The van der Waals surface area contributed by atoms with E-state index in [-0.39, 0.29) is 35.8 Å². The zero-order chi connectivity index (χ0) is 24.3. The van der Waals surface area contributed by atoms with Crippen molar-refractivity contribution in [2.45, 2.75) is 17.7 Å². The molecule has 2 heterocycles. The number of anilines is 1. The Bertz CT molecular complexity index is 1270. The van der Waals surface area contributed by atoms with Crippen LogP contribution in [-0.2, 0) is 14.8 Å². The lowest BCUT2D eigenvalue weighted by Crippen LogP contribution is -2.41. The number of nitrogens with zero attached hydrogens (tertiary/aromatic N) is 3. The van der Waals surface area contributed by atoms with Gasteiger partial charge in [0.25, 0.3) is 0 Å². The number of carbonyl (C=O) groups is 1. The monoisotopic (exact) mass is 490 g/mol. The van der Waals surface area contributed by atoms with Gasteiger partial charge < -0.3 is 13.9 Å². The van der Waals surface area contributed by atoms with Gasteiger partial charge in [-0.1, -0.05) is 5.10 Å². The predicted molar refractivity (Wildman–Crippen MR) is 119 cm³/mol. The number of amides is 1. The van der Waals surface area contributed by atoms with Crippen molar-refractivity contribution < 1.29 is 31.5 Å². The van der Waals surface area contributed by atoms with E-state index < -0.39 is 21.8 Å². The topological polar surface area (TPSA) is 124 Å². The van der Waals surface area contributed by atoms with E-state index in [9.17, 15) is 17.6 Å². The molecule has 10 nitrogen and oxygen atoms in total. The minimum Gasteiger partial charge on any atom is -0.493 e. The second-order valence-corrected chi connectivity index (χ2v) is 9.54. The first-order valence-electron chi connectivity index (χ1n) is 10.4. The molecule has 1 aromatic heterocycles. The van der Waals surface area contributed by atoms with Crippen molar-refractivity contribution in [1.82, 2.24) is 14.5 Å². The van der Waals surface area contributed by atoms with Gasteiger partial charge in [-0.2, -0.15) is 4.31 Å². The minimum atomic E-state index is -3.75. The average molecular weight is 491 g/mol. The number of piperidine rings is 1. The highest BCUT2D eigenvalue weighted by Gasteiger charge is 2.32. The smallest absolute Gasteiger partial charge is 0.322 e. The van der Waals surface area contributed by atoms with Crippen LogP contribution in [0.15, 0.2) is 51.8 Å². The highest BCUT2D eigenvalue weighted by atomic mass is 32.2. The number of hydrogen-bond acceptors (Lipinski definition) is 8. The Labute approximate surface area is 195 Å². The Kier molecular flexibility index (Phi) is 6.80. The molecule has 3 aromatic rings. The van der Waals surface area contributed by atoms with Crippen molar-refractivity contribution in [2.75, 3.05) is 32.6 Å². The van der Waals surface area contributed by atoms with Gasteiger partial charge in [-0.25, -0.2) is 12.8 Å². The van der Waals surface area contributed by atoms with Crippen molar-refractivity contribution in [1.29, 1.82) is 0 Å². The molecule has 0 radical (unpaired) electrons. The van der Waals surface area contributed by atoms with Crippen LogP contribution in [0.2, 0.25) is 0 Å². The molecule has 1 saturated heterocycles. The quantitative estimate of drug-likeness (QED) is 0.536. The first-order valence-corrected chi connectivity index (χ1v) is 11.9. The molecule has 4 rings (SSSR count). The minimum absolute atomic E-state index is 0.0188. The number of ether oxygens (including phenoxy) is 2. The number of halogens is 1. The fourth-order valence-corrected chi connectivity index (χ4v) is 5.15. The molecule has 34 heavy (non-hydrogen) atoms. The zero-order valence-electron chi connectivity index (χ0n) is 18.5. The summed E-state index contributed by atoms with van der Waals surface area (Å²) < 4.78 is 55.9. The first kappa shape index (κ1) is 23.6. The van der Waals surface area contributed by atoms with Crippen molar-refractivity contribution in [3.63, 3.8) is 0 Å². The molecule has 0 aliphatic carbocycles. The molecule has 1 aliphatic heterocycles. The first-order chi connectivity index (χ1) is 16.3. The lowest BCUT2D eigenvalue weighted by atomic mass is 9.97. The number of carbonyl (C=O) groups excluding carboxylic acids is 1. The van der Waals surface area contributed by atoms with Crippen LogP contribution in [0, 0.1) is 11.7 Å². The number of hydrogen-bond donors (Lipinski definition) is 1. The molecule has 1 amide bonds. The van der Waals surface area contributed by atoms with Crippen LogP contribution in [0.4, 0.5) is 10.4 Å². The summed E-state index contributed by atoms with van der Waals surface area (Å²) in [6.07, 6.45) is 0.645. The molecular weight excluding hydrogens is 467 g/mol. The molecule has 180 valence electrons. The lowest BCUT2D eigenvalue weighted by molar-refractivity contribution is -0.121. The number of nitrogens with one attached hydrogen (secondary N) is 1. The van der Waals surface area contributed by atoms with Crippen molar-refractivity contribution in [3.8, 4) is 23.0 Å². The normalized spacial score (nSPS) is 15.1. The molecular formula is C22H23FN4O6S. The summed E-state index contributed by atoms with van der Waals surface area (Å²) in [5.41, 5.74) is 0.588. The SMILES string of the molecule is COc1ccc(-c2nnc(NC(=O)C3CCN(S(=O)(=O)c4ccc(F)cc4)CC3)o2)cc1OC. The van der Waals surface area contributed by atoms with E-state index in [1.54, 1.807) is 18.2 Å². The fraction of sp³-hybridized carbons (Fsp3) is 0.318. The largest absolute Gasteiger partial charge is 0.493 e. The predicted octanol–water partition coefficient (Wildman–Crippen LogP) is 2.93. The summed E-state index contributed by atoms with van der Waals surface area (Å²) in [4.78, 5) is 12.7. The highest BCUT2D eigenvalue weighted by molar-refractivity contribution is 7.89. The third-order valence-electron chi connectivity index (χ3n) is 5.56. The van der Waals surface area contributed by atoms with E-state index in [0.717, 1.165) is 12.1 Å². The molecule has 2 aromatic carbocycles. The van der Waals surface area contributed by atoms with Crippen LogP contribution in [0.5, 0.6) is 11.5 Å². The number of aromatic nitrogens is 2. The van der Waals surface area contributed by atoms with Gasteiger partial charge in [0.1, 0.15) is 5.82 Å². The molecule has 1 aliphatic rings. The average Bonchev–Trinajstić information content (AvgIpc) is 3.32. The molecule has 12 heteroatoms. The van der Waals surface area contributed by atoms with E-state index >= 15 is 0 Å². The zero-order valence-corrected chi connectivity index (χ0v) is 19.3. The Morgan fingerprint density at radius 2 is 1.74 bits per heavy atom. The van der Waals surface area contributed by atoms with Crippen molar-refractivity contribution >= 4 is 21.9 Å². The second-order valence-electron chi connectivity index (χ2n) is 7.60. The number of methoxy groups -OCH3 is 2. The van der Waals surface area contributed by atoms with Gasteiger partial charge in [0.05, 0.1) is 19.1 Å². The standard InChI is InChI=1S/C22H23FN4O6S/c1-31-18-8-3-15(13-19(18)32-2)21-25-26-22(33-21)24-20(28)14-9-11-27(12-10-14)34(29,30)17-6-4-16(23)5-7-17/h3-8,13-14H,9-12H2,1-2H3,(H,24,26,28). The maximum absolute atomic E-state index is 13.1. The number of benzene rings is 2. The van der Waals surface area contributed by atoms with E-state index in [2.05, 4.69) is 15.5 Å². The van der Waals surface area contributed by atoms with Crippen molar-refractivity contribution in [3.05, 3.63) is 48.3 Å². The Balaban J connectivity index is 1.37. The second kappa shape index (κ2) is 9.77. The molecule has 1 N–H and O–H groups in total. The summed E-state index contributed by atoms with van der Waals surface area (Å²) in [5, 5.41) is 10.4. The number of sulfonamides is 1. The Morgan fingerprint density at radius 3 is 2.38 bits per heavy atom. The summed E-state index contributed by atoms with van der Waals surface area (Å²) in [5.74, 6) is -0.0308. The number of rotatable bonds is 7. The van der Waals surface area contributed by atoms with Crippen molar-refractivity contribution in [2.24, 2.45) is 5.92 Å². The third-order valence-corrected chi connectivity index (χ3v) is 7.47. The van der Waals surface area contributed by atoms with E-state index in [1.807, 2.05) is 0 Å². The van der Waals surface area contributed by atoms with Gasteiger partial charge in [0, 0.05) is 24.6 Å². The van der Waals surface area contributed by atoms with Gasteiger partial charge in [0.15, 0.2) is 11.5 Å². The fourth-order valence-electron chi connectivity index (χ4n) is 3.68. The summed E-state index contributed by atoms with van der Waals surface area (Å²) in [6.45, 7) is 0.330. The van der Waals surface area contributed by atoms with Gasteiger partial charge in [-0.05, 0) is 55.3 Å². The van der Waals surface area contributed by atoms with Crippen LogP contribution in [0.1, 0.15) is 12.8 Å². The Morgan fingerprint density at radius 1 is 1.06 bits per heavy atom. The van der Waals surface area contributed by atoms with Crippen LogP contribution in [0.25, 0.3) is 11.5 Å². The lowest BCUT2D eigenvalue weighted by Gasteiger charge is -2.30. The molecule has 0 atom stereocenters. The summed E-state index contributed by atoms with van der Waals surface area (Å²) >= 11 is 0. The van der Waals surface area contributed by atoms with E-state index in [0.29, 0.717) is 29.9 Å². The molecule has 0 unspecified atom stereocenters. The highest BCUT2D eigenvalue weighted by Crippen LogP contribution is 2.32. The third kappa shape index (κ3) is 4.87. The Hall–Kier alpha value is -3.51. The summed E-state index contributed by atoms with van der Waals surface area (Å²) in [7, 11) is -0.711. The van der Waals surface area contributed by atoms with E-state index in [4.69, 9.17) is 13.9 Å². The van der Waals surface area contributed by atoms with Crippen LogP contribution in [-0.4, -0.2) is 56.1 Å².